The van der Waals surface area contributed by atoms with Crippen LogP contribution in [0, 0.1) is 11.8 Å². The summed E-state index contributed by atoms with van der Waals surface area (Å²) in [5.41, 5.74) is -0.219. The normalized spacial score (nSPS) is 18.3. The van der Waals surface area contributed by atoms with E-state index < -0.39 is 17.8 Å². The molecule has 0 saturated carbocycles. The lowest BCUT2D eigenvalue weighted by molar-refractivity contribution is -0.137. The second-order valence-corrected chi connectivity index (χ2v) is 8.16. The van der Waals surface area contributed by atoms with Crippen molar-refractivity contribution in [2.24, 2.45) is 11.8 Å². The first-order chi connectivity index (χ1) is 14.2. The van der Waals surface area contributed by atoms with Crippen molar-refractivity contribution in [3.8, 4) is 0 Å². The van der Waals surface area contributed by atoms with E-state index in [4.69, 9.17) is 0 Å². The Labute approximate surface area is 174 Å². The molecule has 0 spiro atoms. The highest BCUT2D eigenvalue weighted by Gasteiger charge is 2.32. The van der Waals surface area contributed by atoms with Crippen LogP contribution in [0.15, 0.2) is 42.9 Å². The monoisotopic (exact) mass is 420 g/mol. The predicted octanol–water partition coefficient (Wildman–Crippen LogP) is 4.62. The summed E-state index contributed by atoms with van der Waals surface area (Å²) < 4.78 is 39.4. The molecule has 1 amide bonds. The number of nitrogens with one attached hydrogen (secondary N) is 1. The van der Waals surface area contributed by atoms with E-state index in [0.717, 1.165) is 37.3 Å². The minimum absolute atomic E-state index is 0.133. The second kappa shape index (κ2) is 9.45. The summed E-state index contributed by atoms with van der Waals surface area (Å²) in [6.07, 6.45) is 2.61. The zero-order valence-electron chi connectivity index (χ0n) is 17.2. The molecule has 1 N–H and O–H groups in total. The van der Waals surface area contributed by atoms with Crippen LogP contribution in [0.4, 0.5) is 19.0 Å². The third-order valence-corrected chi connectivity index (χ3v) is 5.31. The lowest BCUT2D eigenvalue weighted by Gasteiger charge is -2.33. The van der Waals surface area contributed by atoms with Gasteiger partial charge in [0, 0.05) is 25.5 Å². The smallest absolute Gasteiger partial charge is 0.355 e. The van der Waals surface area contributed by atoms with E-state index in [2.05, 4.69) is 15.3 Å². The van der Waals surface area contributed by atoms with Crippen molar-refractivity contribution < 1.29 is 18.0 Å². The summed E-state index contributed by atoms with van der Waals surface area (Å²) in [6.45, 7) is 5.29. The van der Waals surface area contributed by atoms with Gasteiger partial charge in [-0.15, -0.1) is 0 Å². The number of carbonyl (C=O) groups is 1. The molecule has 5 nitrogen and oxygen atoms in total. The molecule has 1 aliphatic heterocycles. The van der Waals surface area contributed by atoms with Crippen LogP contribution in [-0.2, 0) is 11.0 Å². The Morgan fingerprint density at radius 2 is 2.10 bits per heavy atom. The lowest BCUT2D eigenvalue weighted by Crippen LogP contribution is -2.44. The number of alkyl halides is 3. The first-order valence-electron chi connectivity index (χ1n) is 10.2. The van der Waals surface area contributed by atoms with Crippen LogP contribution in [0.25, 0.3) is 0 Å². The lowest BCUT2D eigenvalue weighted by atomic mass is 9.93. The SMILES string of the molecule is CC(C)CC(NC(=O)C1CCCN(c2cnccn2)C1)c1cccc(C(F)(F)F)c1. The molecule has 0 bridgehead atoms. The van der Waals surface area contributed by atoms with Crippen molar-refractivity contribution in [3.63, 3.8) is 0 Å². The number of amides is 1. The highest BCUT2D eigenvalue weighted by Crippen LogP contribution is 2.32. The van der Waals surface area contributed by atoms with E-state index in [1.54, 1.807) is 24.7 Å². The van der Waals surface area contributed by atoms with Gasteiger partial charge in [0.1, 0.15) is 5.82 Å². The number of hydrogen-bond donors (Lipinski definition) is 1. The standard InChI is InChI=1S/C22H27F3N4O/c1-15(2)11-19(16-5-3-7-18(12-16)22(23,24)25)28-21(30)17-6-4-10-29(14-17)20-13-26-8-9-27-20/h3,5,7-9,12-13,15,17,19H,4,6,10-11,14H2,1-2H3,(H,28,30). The third-order valence-electron chi connectivity index (χ3n) is 5.31. The number of halogens is 3. The Bertz CT molecular complexity index is 842. The van der Waals surface area contributed by atoms with Crippen LogP contribution in [0.5, 0.6) is 0 Å². The molecule has 1 aliphatic rings. The van der Waals surface area contributed by atoms with Gasteiger partial charge in [0.15, 0.2) is 0 Å². The summed E-state index contributed by atoms with van der Waals surface area (Å²) in [5.74, 6) is 0.562. The number of piperidine rings is 1. The zero-order chi connectivity index (χ0) is 21.7. The Hall–Kier alpha value is -2.64. The summed E-state index contributed by atoms with van der Waals surface area (Å²) >= 11 is 0. The molecule has 1 aromatic carbocycles. The van der Waals surface area contributed by atoms with Crippen molar-refractivity contribution in [3.05, 3.63) is 54.0 Å². The molecule has 8 heteroatoms. The Balaban J connectivity index is 1.74. The van der Waals surface area contributed by atoms with Crippen molar-refractivity contribution >= 4 is 11.7 Å². The largest absolute Gasteiger partial charge is 0.416 e. The Morgan fingerprint density at radius 1 is 1.30 bits per heavy atom. The maximum Gasteiger partial charge on any atom is 0.416 e. The molecule has 1 saturated heterocycles. The number of hydrogen-bond acceptors (Lipinski definition) is 4. The van der Waals surface area contributed by atoms with Crippen molar-refractivity contribution in [2.45, 2.75) is 45.3 Å². The number of nitrogens with zero attached hydrogens (tertiary/aromatic N) is 3. The maximum atomic E-state index is 13.1. The van der Waals surface area contributed by atoms with Gasteiger partial charge < -0.3 is 10.2 Å². The minimum atomic E-state index is -4.41. The molecule has 2 atom stereocenters. The summed E-state index contributed by atoms with van der Waals surface area (Å²) in [4.78, 5) is 23.4. The van der Waals surface area contributed by atoms with Crippen LogP contribution in [0.1, 0.15) is 50.3 Å². The van der Waals surface area contributed by atoms with Crippen molar-refractivity contribution in [1.82, 2.24) is 15.3 Å². The second-order valence-electron chi connectivity index (χ2n) is 8.16. The molecule has 2 aromatic rings. The third kappa shape index (κ3) is 5.70. The van der Waals surface area contributed by atoms with Gasteiger partial charge in [-0.05, 0) is 42.9 Å². The van der Waals surface area contributed by atoms with E-state index in [1.165, 1.54) is 6.07 Å². The van der Waals surface area contributed by atoms with Crippen molar-refractivity contribution in [1.29, 1.82) is 0 Å². The van der Waals surface area contributed by atoms with E-state index in [1.807, 2.05) is 18.7 Å². The molecule has 1 fully saturated rings. The average Bonchev–Trinajstić information content (AvgIpc) is 2.73. The van der Waals surface area contributed by atoms with Gasteiger partial charge in [0.05, 0.1) is 23.7 Å². The number of benzene rings is 1. The predicted molar refractivity (Wildman–Crippen MR) is 109 cm³/mol. The first kappa shape index (κ1) is 22.1. The molecule has 2 unspecified atom stereocenters. The molecule has 30 heavy (non-hydrogen) atoms. The van der Waals surface area contributed by atoms with Crippen LogP contribution < -0.4 is 10.2 Å². The zero-order valence-corrected chi connectivity index (χ0v) is 17.2. The molecule has 0 radical (unpaired) electrons. The first-order valence-corrected chi connectivity index (χ1v) is 10.2. The molecule has 3 rings (SSSR count). The number of aromatic nitrogens is 2. The van der Waals surface area contributed by atoms with Crippen LogP contribution >= 0.6 is 0 Å². The maximum absolute atomic E-state index is 13.1. The summed E-state index contributed by atoms with van der Waals surface area (Å²) in [5, 5.41) is 3.02. The quantitative estimate of drug-likeness (QED) is 0.741. The van der Waals surface area contributed by atoms with E-state index in [9.17, 15) is 18.0 Å². The van der Waals surface area contributed by atoms with Gasteiger partial charge in [-0.2, -0.15) is 13.2 Å². The van der Waals surface area contributed by atoms with Gasteiger partial charge >= 0.3 is 6.18 Å². The van der Waals surface area contributed by atoms with Gasteiger partial charge in [-0.1, -0.05) is 26.0 Å². The Morgan fingerprint density at radius 3 is 2.77 bits per heavy atom. The average molecular weight is 420 g/mol. The molecule has 162 valence electrons. The number of carbonyl (C=O) groups excluding carboxylic acids is 1. The van der Waals surface area contributed by atoms with Gasteiger partial charge in [0.25, 0.3) is 0 Å². The summed E-state index contributed by atoms with van der Waals surface area (Å²) in [7, 11) is 0. The van der Waals surface area contributed by atoms with Gasteiger partial charge in [0.2, 0.25) is 5.91 Å². The fourth-order valence-electron chi connectivity index (χ4n) is 3.82. The van der Waals surface area contributed by atoms with Crippen LogP contribution in [0.3, 0.4) is 0 Å². The number of anilines is 1. The highest BCUT2D eigenvalue weighted by atomic mass is 19.4. The molecule has 2 heterocycles. The summed E-state index contributed by atoms with van der Waals surface area (Å²) in [6, 6.07) is 4.77. The van der Waals surface area contributed by atoms with Crippen molar-refractivity contribution in [2.75, 3.05) is 18.0 Å². The Kier molecular flexibility index (Phi) is 6.95. The molecule has 0 aliphatic carbocycles. The fraction of sp³-hybridized carbons (Fsp3) is 0.500. The van der Waals surface area contributed by atoms with E-state index in [0.29, 0.717) is 18.5 Å². The molecule has 1 aromatic heterocycles. The van der Waals surface area contributed by atoms with E-state index >= 15 is 0 Å². The topological polar surface area (TPSA) is 58.1 Å². The molecular formula is C22H27F3N4O. The highest BCUT2D eigenvalue weighted by molar-refractivity contribution is 5.80. The minimum Gasteiger partial charge on any atom is -0.355 e. The molecular weight excluding hydrogens is 393 g/mol. The van der Waals surface area contributed by atoms with Gasteiger partial charge in [-0.3, -0.25) is 9.78 Å². The van der Waals surface area contributed by atoms with Crippen LogP contribution in [-0.4, -0.2) is 29.0 Å². The van der Waals surface area contributed by atoms with E-state index in [-0.39, 0.29) is 17.7 Å². The fourth-order valence-corrected chi connectivity index (χ4v) is 3.82. The van der Waals surface area contributed by atoms with Crippen LogP contribution in [0.2, 0.25) is 0 Å². The van der Waals surface area contributed by atoms with Gasteiger partial charge in [-0.25, -0.2) is 4.98 Å². The number of rotatable bonds is 6.